The Bertz CT molecular complexity index is 352. The third-order valence-corrected chi connectivity index (χ3v) is 2.08. The minimum atomic E-state index is -0.258. The molecule has 0 radical (unpaired) electrons. The molecule has 0 aliphatic carbocycles. The molecule has 1 aromatic rings. The lowest BCUT2D eigenvalue weighted by molar-refractivity contribution is 0.627. The standard InChI is InChI=1S/C10H9BrFN/c1-13-6-2-3-8-4-5-9(12)7-10(8)11/h4-5,7,13H,6H2,1H3. The molecule has 0 saturated heterocycles. The molecule has 1 N–H and O–H groups in total. The maximum Gasteiger partial charge on any atom is 0.124 e. The molecule has 0 atom stereocenters. The predicted octanol–water partition coefficient (Wildman–Crippen LogP) is 2.16. The Morgan fingerprint density at radius 1 is 1.54 bits per heavy atom. The van der Waals surface area contributed by atoms with Gasteiger partial charge in [0.2, 0.25) is 0 Å². The zero-order chi connectivity index (χ0) is 9.68. The lowest BCUT2D eigenvalue weighted by Gasteiger charge is -1.94. The van der Waals surface area contributed by atoms with Crippen molar-refractivity contribution in [2.24, 2.45) is 0 Å². The monoisotopic (exact) mass is 241 g/mol. The Morgan fingerprint density at radius 2 is 2.31 bits per heavy atom. The Balaban J connectivity index is 2.85. The summed E-state index contributed by atoms with van der Waals surface area (Å²) in [5.41, 5.74) is 0.802. The topological polar surface area (TPSA) is 12.0 Å². The van der Waals surface area contributed by atoms with E-state index in [1.54, 1.807) is 6.07 Å². The molecule has 0 bridgehead atoms. The van der Waals surface area contributed by atoms with Gasteiger partial charge in [-0.05, 0) is 41.2 Å². The fourth-order valence-corrected chi connectivity index (χ4v) is 1.27. The van der Waals surface area contributed by atoms with E-state index in [4.69, 9.17) is 0 Å². The minimum absolute atomic E-state index is 0.258. The SMILES string of the molecule is CNCC#Cc1ccc(F)cc1Br. The number of rotatable bonds is 1. The molecule has 0 fully saturated rings. The van der Waals surface area contributed by atoms with Gasteiger partial charge in [-0.1, -0.05) is 11.8 Å². The van der Waals surface area contributed by atoms with Crippen molar-refractivity contribution in [1.29, 1.82) is 0 Å². The van der Waals surface area contributed by atoms with Gasteiger partial charge in [0, 0.05) is 10.0 Å². The van der Waals surface area contributed by atoms with Crippen LogP contribution < -0.4 is 5.32 Å². The van der Waals surface area contributed by atoms with E-state index in [1.807, 2.05) is 7.05 Å². The summed E-state index contributed by atoms with van der Waals surface area (Å²) in [6, 6.07) is 4.46. The molecule has 1 rings (SSSR count). The van der Waals surface area contributed by atoms with Gasteiger partial charge in [0.05, 0.1) is 6.54 Å². The van der Waals surface area contributed by atoms with E-state index in [-0.39, 0.29) is 5.82 Å². The number of benzene rings is 1. The molecule has 0 aromatic heterocycles. The molecule has 0 aliphatic heterocycles. The lowest BCUT2D eigenvalue weighted by Crippen LogP contribution is -2.04. The van der Waals surface area contributed by atoms with Gasteiger partial charge < -0.3 is 5.32 Å². The first-order chi connectivity index (χ1) is 6.24. The fourth-order valence-electron chi connectivity index (χ4n) is 0.819. The largest absolute Gasteiger partial charge is 0.309 e. The molecule has 68 valence electrons. The van der Waals surface area contributed by atoms with Crippen LogP contribution >= 0.6 is 15.9 Å². The average Bonchev–Trinajstić information content (AvgIpc) is 2.09. The Morgan fingerprint density at radius 3 is 2.92 bits per heavy atom. The summed E-state index contributed by atoms with van der Waals surface area (Å²) in [5, 5.41) is 2.91. The second kappa shape index (κ2) is 5.00. The molecule has 1 nitrogen and oxygen atoms in total. The summed E-state index contributed by atoms with van der Waals surface area (Å²) in [6.07, 6.45) is 0. The third-order valence-electron chi connectivity index (χ3n) is 1.42. The van der Waals surface area contributed by atoms with Crippen molar-refractivity contribution in [3.8, 4) is 11.8 Å². The minimum Gasteiger partial charge on any atom is -0.309 e. The fraction of sp³-hybridized carbons (Fsp3) is 0.200. The Labute approximate surface area is 85.5 Å². The maximum absolute atomic E-state index is 12.6. The normalized spacial score (nSPS) is 9.15. The van der Waals surface area contributed by atoms with E-state index >= 15 is 0 Å². The molecule has 3 heteroatoms. The van der Waals surface area contributed by atoms with Gasteiger partial charge in [-0.15, -0.1) is 0 Å². The zero-order valence-electron chi connectivity index (χ0n) is 7.20. The quantitative estimate of drug-likeness (QED) is 0.744. The van der Waals surface area contributed by atoms with Crippen LogP contribution in [-0.4, -0.2) is 13.6 Å². The second-order valence-electron chi connectivity index (χ2n) is 2.46. The van der Waals surface area contributed by atoms with Gasteiger partial charge in [-0.25, -0.2) is 4.39 Å². The van der Waals surface area contributed by atoms with Crippen LogP contribution in [0.25, 0.3) is 0 Å². The molecule has 13 heavy (non-hydrogen) atoms. The molecule has 0 unspecified atom stereocenters. The van der Waals surface area contributed by atoms with Gasteiger partial charge in [-0.3, -0.25) is 0 Å². The van der Waals surface area contributed by atoms with Gasteiger partial charge in [0.1, 0.15) is 5.82 Å². The zero-order valence-corrected chi connectivity index (χ0v) is 8.78. The summed E-state index contributed by atoms with van der Waals surface area (Å²) < 4.78 is 13.3. The van der Waals surface area contributed by atoms with Crippen molar-refractivity contribution in [2.45, 2.75) is 0 Å². The molecule has 0 heterocycles. The first kappa shape index (κ1) is 10.2. The van der Waals surface area contributed by atoms with Crippen molar-refractivity contribution in [3.05, 3.63) is 34.1 Å². The van der Waals surface area contributed by atoms with E-state index in [1.165, 1.54) is 12.1 Å². The van der Waals surface area contributed by atoms with Crippen molar-refractivity contribution in [3.63, 3.8) is 0 Å². The summed E-state index contributed by atoms with van der Waals surface area (Å²) in [5.74, 6) is 5.55. The van der Waals surface area contributed by atoms with Crippen LogP contribution in [0.3, 0.4) is 0 Å². The highest BCUT2D eigenvalue weighted by Crippen LogP contribution is 2.16. The maximum atomic E-state index is 12.6. The van der Waals surface area contributed by atoms with E-state index in [0.717, 1.165) is 5.56 Å². The highest BCUT2D eigenvalue weighted by Gasteiger charge is 1.96. The highest BCUT2D eigenvalue weighted by atomic mass is 79.9. The smallest absolute Gasteiger partial charge is 0.124 e. The summed E-state index contributed by atoms with van der Waals surface area (Å²) in [4.78, 5) is 0. The number of nitrogens with one attached hydrogen (secondary N) is 1. The molecule has 0 amide bonds. The highest BCUT2D eigenvalue weighted by molar-refractivity contribution is 9.10. The first-order valence-corrected chi connectivity index (χ1v) is 4.62. The summed E-state index contributed by atoms with van der Waals surface area (Å²) in [7, 11) is 1.83. The lowest BCUT2D eigenvalue weighted by atomic mass is 10.2. The van der Waals surface area contributed by atoms with Crippen molar-refractivity contribution >= 4 is 15.9 Å². The summed E-state index contributed by atoms with van der Waals surface area (Å²) >= 11 is 3.24. The first-order valence-electron chi connectivity index (χ1n) is 3.82. The van der Waals surface area contributed by atoms with Gasteiger partial charge >= 0.3 is 0 Å². The number of halogens is 2. The van der Waals surface area contributed by atoms with E-state index in [0.29, 0.717) is 11.0 Å². The average molecular weight is 242 g/mol. The molecular formula is C10H9BrFN. The molecular weight excluding hydrogens is 233 g/mol. The van der Waals surface area contributed by atoms with Crippen LogP contribution in [0.15, 0.2) is 22.7 Å². The van der Waals surface area contributed by atoms with Crippen LogP contribution in [0.1, 0.15) is 5.56 Å². The van der Waals surface area contributed by atoms with Crippen molar-refractivity contribution in [2.75, 3.05) is 13.6 Å². The van der Waals surface area contributed by atoms with Crippen LogP contribution in [0, 0.1) is 17.7 Å². The van der Waals surface area contributed by atoms with Crippen molar-refractivity contribution < 1.29 is 4.39 Å². The Kier molecular flexibility index (Phi) is 3.94. The van der Waals surface area contributed by atoms with Crippen molar-refractivity contribution in [1.82, 2.24) is 5.32 Å². The van der Waals surface area contributed by atoms with Gasteiger partial charge in [0.15, 0.2) is 0 Å². The van der Waals surface area contributed by atoms with Crippen LogP contribution in [-0.2, 0) is 0 Å². The number of hydrogen-bond donors (Lipinski definition) is 1. The van der Waals surface area contributed by atoms with Gasteiger partial charge in [0.25, 0.3) is 0 Å². The Hall–Kier alpha value is -0.850. The molecule has 0 saturated carbocycles. The molecule has 0 spiro atoms. The van der Waals surface area contributed by atoms with E-state index in [9.17, 15) is 4.39 Å². The van der Waals surface area contributed by atoms with Crippen LogP contribution in [0.5, 0.6) is 0 Å². The second-order valence-corrected chi connectivity index (χ2v) is 3.31. The molecule has 0 aliphatic rings. The van der Waals surface area contributed by atoms with E-state index < -0.39 is 0 Å². The molecule has 1 aromatic carbocycles. The third kappa shape index (κ3) is 3.17. The van der Waals surface area contributed by atoms with Crippen LogP contribution in [0.2, 0.25) is 0 Å². The van der Waals surface area contributed by atoms with Gasteiger partial charge in [-0.2, -0.15) is 0 Å². The summed E-state index contributed by atoms with van der Waals surface area (Å²) in [6.45, 7) is 0.629. The number of hydrogen-bond acceptors (Lipinski definition) is 1. The predicted molar refractivity (Wildman–Crippen MR) is 54.9 cm³/mol. The van der Waals surface area contributed by atoms with E-state index in [2.05, 4.69) is 33.1 Å². The van der Waals surface area contributed by atoms with Crippen LogP contribution in [0.4, 0.5) is 4.39 Å².